The second-order valence-electron chi connectivity index (χ2n) is 7.76. The number of ether oxygens (including phenoxy) is 1. The average Bonchev–Trinajstić information content (AvgIpc) is 2.88. The maximum atomic E-state index is 6.11. The molecule has 1 saturated carbocycles. The summed E-state index contributed by atoms with van der Waals surface area (Å²) in [5.41, 5.74) is 3.56. The van der Waals surface area contributed by atoms with Gasteiger partial charge in [0.05, 0.1) is 6.61 Å². The van der Waals surface area contributed by atoms with Crippen LogP contribution >= 0.6 is 0 Å². The van der Waals surface area contributed by atoms with Gasteiger partial charge < -0.3 is 10.1 Å². The smallest absolute Gasteiger partial charge is 0.119 e. The first-order valence-corrected chi connectivity index (χ1v) is 7.96. The quantitative estimate of drug-likeness (QED) is 0.866. The minimum absolute atomic E-state index is 0.354. The Labute approximate surface area is 122 Å². The number of nitrogens with one attached hydrogen (secondary N) is 1. The molecule has 1 aliphatic carbocycles. The van der Waals surface area contributed by atoms with Crippen LogP contribution in [0, 0.1) is 10.8 Å². The summed E-state index contributed by atoms with van der Waals surface area (Å²) in [7, 11) is 0. The minimum Gasteiger partial charge on any atom is -0.493 e. The summed E-state index contributed by atoms with van der Waals surface area (Å²) in [5, 5.41) is 3.39. The molecule has 2 heteroatoms. The molecule has 0 radical (unpaired) electrons. The molecule has 1 fully saturated rings. The zero-order chi connectivity index (χ0) is 14.2. The molecule has 1 aromatic rings. The first-order chi connectivity index (χ1) is 9.46. The highest BCUT2D eigenvalue weighted by Gasteiger charge is 2.35. The summed E-state index contributed by atoms with van der Waals surface area (Å²) in [6.07, 6.45) is 6.33. The van der Waals surface area contributed by atoms with E-state index in [9.17, 15) is 0 Å². The summed E-state index contributed by atoms with van der Waals surface area (Å²) in [6.45, 7) is 9.08. The second-order valence-corrected chi connectivity index (χ2v) is 7.76. The van der Waals surface area contributed by atoms with E-state index >= 15 is 0 Å². The molecular weight excluding hydrogens is 246 g/mol. The van der Waals surface area contributed by atoms with E-state index in [1.165, 1.54) is 36.9 Å². The molecule has 0 spiro atoms. The van der Waals surface area contributed by atoms with Gasteiger partial charge >= 0.3 is 0 Å². The molecular formula is C18H27NO. The zero-order valence-electron chi connectivity index (χ0n) is 13.1. The monoisotopic (exact) mass is 273 g/mol. The maximum Gasteiger partial charge on any atom is 0.119 e. The zero-order valence-corrected chi connectivity index (χ0v) is 13.1. The highest BCUT2D eigenvalue weighted by Crippen LogP contribution is 2.45. The molecule has 20 heavy (non-hydrogen) atoms. The molecule has 0 bridgehead atoms. The van der Waals surface area contributed by atoms with Crippen molar-refractivity contribution in [1.29, 1.82) is 0 Å². The van der Waals surface area contributed by atoms with Gasteiger partial charge in [-0.15, -0.1) is 0 Å². The predicted molar refractivity (Wildman–Crippen MR) is 84.5 cm³/mol. The molecule has 0 amide bonds. The third-order valence-corrected chi connectivity index (χ3v) is 5.18. The summed E-state index contributed by atoms with van der Waals surface area (Å²) < 4.78 is 6.11. The first-order valence-electron chi connectivity index (χ1n) is 7.96. The van der Waals surface area contributed by atoms with Crippen molar-refractivity contribution < 1.29 is 4.74 Å². The Balaban J connectivity index is 1.59. The Morgan fingerprint density at radius 1 is 1.10 bits per heavy atom. The molecule has 0 atom stereocenters. The van der Waals surface area contributed by atoms with E-state index in [1.807, 2.05) is 0 Å². The van der Waals surface area contributed by atoms with Crippen molar-refractivity contribution in [3.63, 3.8) is 0 Å². The van der Waals surface area contributed by atoms with Gasteiger partial charge in [0.2, 0.25) is 0 Å². The normalized spacial score (nSPS) is 22.9. The summed E-state index contributed by atoms with van der Waals surface area (Å²) >= 11 is 0. The predicted octanol–water partition coefficient (Wildman–Crippen LogP) is 4.64. The van der Waals surface area contributed by atoms with Crippen LogP contribution in [0.15, 0.2) is 18.2 Å². The van der Waals surface area contributed by atoms with Crippen LogP contribution in [0.2, 0.25) is 0 Å². The van der Waals surface area contributed by atoms with Crippen molar-refractivity contribution in [2.24, 2.45) is 10.8 Å². The third kappa shape index (κ3) is 2.94. The van der Waals surface area contributed by atoms with Gasteiger partial charge in [-0.3, -0.25) is 0 Å². The summed E-state index contributed by atoms with van der Waals surface area (Å²) in [4.78, 5) is 0. The molecule has 3 rings (SSSR count). The van der Waals surface area contributed by atoms with Crippen molar-refractivity contribution in [2.75, 3.05) is 18.5 Å². The fourth-order valence-corrected chi connectivity index (χ4v) is 3.30. The standard InChI is InChI=1S/C18H27NO/c1-17(2)7-9-18(3,10-8-17)13-20-15-4-5-16-14(12-15)6-11-19-16/h4-5,12,19H,6-11,13H2,1-3H3. The summed E-state index contributed by atoms with van der Waals surface area (Å²) in [5.74, 6) is 1.04. The minimum atomic E-state index is 0.354. The molecule has 0 unspecified atom stereocenters. The molecule has 1 N–H and O–H groups in total. The molecule has 110 valence electrons. The van der Waals surface area contributed by atoms with Crippen molar-refractivity contribution in [3.05, 3.63) is 23.8 Å². The van der Waals surface area contributed by atoms with Crippen LogP contribution in [0.1, 0.15) is 52.0 Å². The first kappa shape index (κ1) is 13.8. The number of rotatable bonds is 3. The van der Waals surface area contributed by atoms with Gasteiger partial charge in [-0.2, -0.15) is 0 Å². The van der Waals surface area contributed by atoms with Crippen LogP contribution in [0.3, 0.4) is 0 Å². The number of hydrogen-bond donors (Lipinski definition) is 1. The van der Waals surface area contributed by atoms with Crippen molar-refractivity contribution in [3.8, 4) is 5.75 Å². The van der Waals surface area contributed by atoms with Crippen LogP contribution in [0.5, 0.6) is 5.75 Å². The van der Waals surface area contributed by atoms with E-state index in [0.717, 1.165) is 25.3 Å². The summed E-state index contributed by atoms with van der Waals surface area (Å²) in [6, 6.07) is 6.47. The van der Waals surface area contributed by atoms with E-state index in [0.29, 0.717) is 10.8 Å². The van der Waals surface area contributed by atoms with Gasteiger partial charge in [0.15, 0.2) is 0 Å². The van der Waals surface area contributed by atoms with E-state index in [1.54, 1.807) is 0 Å². The van der Waals surface area contributed by atoms with Crippen LogP contribution in [-0.4, -0.2) is 13.2 Å². The van der Waals surface area contributed by atoms with Gasteiger partial charge in [0.25, 0.3) is 0 Å². The highest BCUT2D eigenvalue weighted by atomic mass is 16.5. The molecule has 1 heterocycles. The highest BCUT2D eigenvalue weighted by molar-refractivity contribution is 5.57. The SMILES string of the molecule is CC1(C)CCC(C)(COc2ccc3c(c2)CCN3)CC1. The molecule has 1 aliphatic heterocycles. The molecule has 0 aromatic heterocycles. The second kappa shape index (κ2) is 4.98. The Hall–Kier alpha value is -1.18. The number of hydrogen-bond acceptors (Lipinski definition) is 2. The Morgan fingerprint density at radius 3 is 2.60 bits per heavy atom. The van der Waals surface area contributed by atoms with Crippen LogP contribution in [-0.2, 0) is 6.42 Å². The van der Waals surface area contributed by atoms with Crippen LogP contribution in [0.25, 0.3) is 0 Å². The maximum absolute atomic E-state index is 6.11. The fraction of sp³-hybridized carbons (Fsp3) is 0.667. The van der Waals surface area contributed by atoms with Gasteiger partial charge in [-0.05, 0) is 61.3 Å². The Bertz CT molecular complexity index is 482. The number of fused-ring (bicyclic) bond motifs is 1. The van der Waals surface area contributed by atoms with Gasteiger partial charge in [-0.1, -0.05) is 20.8 Å². The van der Waals surface area contributed by atoms with Crippen molar-refractivity contribution in [2.45, 2.75) is 52.9 Å². The van der Waals surface area contributed by atoms with E-state index in [-0.39, 0.29) is 0 Å². The lowest BCUT2D eigenvalue weighted by Crippen LogP contribution is -2.33. The van der Waals surface area contributed by atoms with Gasteiger partial charge in [0.1, 0.15) is 5.75 Å². The molecule has 2 aliphatic rings. The van der Waals surface area contributed by atoms with E-state index in [2.05, 4.69) is 44.3 Å². The lowest BCUT2D eigenvalue weighted by Gasteiger charge is -2.41. The topological polar surface area (TPSA) is 21.3 Å². The van der Waals surface area contributed by atoms with Crippen LogP contribution in [0.4, 0.5) is 5.69 Å². The third-order valence-electron chi connectivity index (χ3n) is 5.18. The molecule has 1 aromatic carbocycles. The number of benzene rings is 1. The molecule has 0 saturated heterocycles. The van der Waals surface area contributed by atoms with E-state index < -0.39 is 0 Å². The average molecular weight is 273 g/mol. The lowest BCUT2D eigenvalue weighted by molar-refractivity contribution is 0.0658. The Kier molecular flexibility index (Phi) is 3.43. The largest absolute Gasteiger partial charge is 0.493 e. The van der Waals surface area contributed by atoms with E-state index in [4.69, 9.17) is 4.74 Å². The number of anilines is 1. The Morgan fingerprint density at radius 2 is 1.85 bits per heavy atom. The fourth-order valence-electron chi connectivity index (χ4n) is 3.30. The lowest BCUT2D eigenvalue weighted by atomic mass is 9.66. The van der Waals surface area contributed by atoms with Crippen molar-refractivity contribution in [1.82, 2.24) is 0 Å². The van der Waals surface area contributed by atoms with Crippen molar-refractivity contribution >= 4 is 5.69 Å². The van der Waals surface area contributed by atoms with Gasteiger partial charge in [0, 0.05) is 17.6 Å². The molecule has 2 nitrogen and oxygen atoms in total. The van der Waals surface area contributed by atoms with Gasteiger partial charge in [-0.25, -0.2) is 0 Å². The van der Waals surface area contributed by atoms with Crippen LogP contribution < -0.4 is 10.1 Å².